The first kappa shape index (κ1) is 38.2. The number of hydrogen-bond donors (Lipinski definition) is 2. The lowest BCUT2D eigenvalue weighted by molar-refractivity contribution is -0.162. The fourth-order valence-corrected chi connectivity index (χ4v) is 6.78. The fourth-order valence-electron chi connectivity index (χ4n) is 6.47. The second-order valence-electron chi connectivity index (χ2n) is 13.3. The van der Waals surface area contributed by atoms with Gasteiger partial charge in [0.2, 0.25) is 11.8 Å². The lowest BCUT2D eigenvalue weighted by Crippen LogP contribution is -2.63. The highest BCUT2D eigenvalue weighted by Gasteiger charge is 2.64. The molecule has 3 heterocycles. The normalized spacial score (nSPS) is 32.8. The average Bonchev–Trinajstić information content (AvgIpc) is 3.76. The van der Waals surface area contributed by atoms with E-state index in [-0.39, 0.29) is 30.2 Å². The van der Waals surface area contributed by atoms with Gasteiger partial charge < -0.3 is 38.6 Å². The molecule has 49 heavy (non-hydrogen) atoms. The van der Waals surface area contributed by atoms with E-state index in [9.17, 15) is 24.3 Å². The van der Waals surface area contributed by atoms with Crippen molar-refractivity contribution in [1.29, 1.82) is 0 Å². The summed E-state index contributed by atoms with van der Waals surface area (Å²) in [5, 5.41) is 14.4. The van der Waals surface area contributed by atoms with Gasteiger partial charge in [-0.3, -0.25) is 14.9 Å². The van der Waals surface area contributed by atoms with Gasteiger partial charge in [-0.1, -0.05) is 49.2 Å². The highest BCUT2D eigenvalue weighted by molar-refractivity contribution is 6.35. The number of ether oxygens (including phenoxy) is 5. The third-order valence-electron chi connectivity index (χ3n) is 9.83. The number of esters is 1. The van der Waals surface area contributed by atoms with Crippen molar-refractivity contribution in [2.24, 2.45) is 5.92 Å². The number of halogens is 1. The molecule has 13 nitrogen and oxygen atoms in total. The molecule has 0 aromatic heterocycles. The lowest BCUT2D eigenvalue weighted by Gasteiger charge is -2.42. The molecular weight excluding hydrogens is 658 g/mol. The minimum absolute atomic E-state index is 0.0431. The summed E-state index contributed by atoms with van der Waals surface area (Å²) < 4.78 is 29.0. The van der Waals surface area contributed by atoms with Crippen molar-refractivity contribution >= 4 is 41.2 Å². The number of anilines is 1. The smallest absolute Gasteiger partial charge is 0.409 e. The number of epoxide rings is 1. The summed E-state index contributed by atoms with van der Waals surface area (Å²) in [6, 6.07) is 2.64. The number of alkyl carbamates (subject to hydrolysis) is 1. The Morgan fingerprint density at radius 2 is 1.96 bits per heavy atom. The maximum absolute atomic E-state index is 14.0. The van der Waals surface area contributed by atoms with Gasteiger partial charge in [0.15, 0.2) is 5.72 Å². The summed E-state index contributed by atoms with van der Waals surface area (Å²) >= 11 is 6.72. The summed E-state index contributed by atoms with van der Waals surface area (Å²) in [4.78, 5) is 55.3. The van der Waals surface area contributed by atoms with Crippen molar-refractivity contribution in [3.8, 4) is 5.75 Å². The van der Waals surface area contributed by atoms with Crippen LogP contribution in [-0.4, -0.2) is 104 Å². The Labute approximate surface area is 292 Å². The molecule has 14 heteroatoms. The Balaban J connectivity index is 1.79. The third-order valence-corrected chi connectivity index (χ3v) is 10.2. The van der Waals surface area contributed by atoms with E-state index in [1.54, 1.807) is 59.0 Å². The van der Waals surface area contributed by atoms with Crippen molar-refractivity contribution in [1.82, 2.24) is 10.2 Å². The minimum atomic E-state index is -1.82. The zero-order valence-electron chi connectivity index (χ0n) is 29.6. The Bertz CT molecular complexity index is 1520. The van der Waals surface area contributed by atoms with Gasteiger partial charge in [-0.2, -0.15) is 0 Å². The SMILES string of the molecule is CCC(=O)N(C)[C@@H](C)C(=O)O[C@H]1CC(=O)N(C)c2cc(cc(OC)c2Cl)C/C(C)=C/C=C/[C@@H](OC)[C@@]2(O)C[C@H](OC(=O)N2)[C@@H](C)C2O[C@]21C. The van der Waals surface area contributed by atoms with Gasteiger partial charge in [0.05, 0.1) is 25.3 Å². The quantitative estimate of drug-likeness (QED) is 0.329. The molecule has 4 bridgehead atoms. The van der Waals surface area contributed by atoms with Crippen LogP contribution in [0.25, 0.3) is 0 Å². The second-order valence-corrected chi connectivity index (χ2v) is 13.6. The molecule has 2 fully saturated rings. The predicted octanol–water partition coefficient (Wildman–Crippen LogP) is 3.92. The minimum Gasteiger partial charge on any atom is -0.495 e. The summed E-state index contributed by atoms with van der Waals surface area (Å²) in [7, 11) is 6.01. The zero-order chi connectivity index (χ0) is 36.4. The Morgan fingerprint density at radius 1 is 1.27 bits per heavy atom. The van der Waals surface area contributed by atoms with Crippen LogP contribution >= 0.6 is 11.6 Å². The van der Waals surface area contributed by atoms with E-state index in [1.807, 2.05) is 13.0 Å². The summed E-state index contributed by atoms with van der Waals surface area (Å²) in [5.41, 5.74) is -0.870. The highest BCUT2D eigenvalue weighted by atomic mass is 35.5. The number of nitrogens with zero attached hydrogens (tertiary/aromatic N) is 2. The van der Waals surface area contributed by atoms with Crippen LogP contribution < -0.4 is 15.0 Å². The van der Waals surface area contributed by atoms with Crippen LogP contribution in [0, 0.1) is 5.92 Å². The molecule has 1 unspecified atom stereocenters. The number of benzene rings is 1. The van der Waals surface area contributed by atoms with Crippen molar-refractivity contribution in [3.63, 3.8) is 0 Å². The number of likely N-dealkylation sites (N-methyl/N-ethyl adjacent to an activating group) is 1. The van der Waals surface area contributed by atoms with E-state index in [0.29, 0.717) is 17.9 Å². The van der Waals surface area contributed by atoms with E-state index >= 15 is 0 Å². The van der Waals surface area contributed by atoms with E-state index in [0.717, 1.165) is 11.1 Å². The Kier molecular flexibility index (Phi) is 11.7. The van der Waals surface area contributed by atoms with Crippen molar-refractivity contribution < 1.29 is 48.0 Å². The summed E-state index contributed by atoms with van der Waals surface area (Å²) in [5.74, 6) is -1.53. The molecule has 0 spiro atoms. The molecular formula is C35H48ClN3O10. The number of amides is 3. The number of rotatable bonds is 6. The number of carbonyl (C=O) groups is 4. The first-order valence-electron chi connectivity index (χ1n) is 16.3. The van der Waals surface area contributed by atoms with Crippen LogP contribution in [0.4, 0.5) is 10.5 Å². The maximum atomic E-state index is 14.0. The second kappa shape index (κ2) is 15.1. The van der Waals surface area contributed by atoms with Crippen molar-refractivity contribution in [2.75, 3.05) is 33.2 Å². The lowest BCUT2D eigenvalue weighted by atomic mass is 9.83. The van der Waals surface area contributed by atoms with Gasteiger partial charge in [0, 0.05) is 40.0 Å². The number of carbonyl (C=O) groups excluding carboxylic acids is 4. The number of fused-ring (bicyclic) bond motifs is 5. The fraction of sp³-hybridized carbons (Fsp3) is 0.600. The van der Waals surface area contributed by atoms with Gasteiger partial charge in [0.25, 0.3) is 0 Å². The standard InChI is InChI=1S/C35H48ClN3O10/c1-10-28(40)38(6)21(4)32(42)48-27-17-29(41)39(7)23-15-22(16-24(45-8)30(23)36)14-19(2)12-11-13-26(46-9)35(44)18-25(47-33(43)37-35)20(3)31-34(27,5)49-31/h11-13,15-16,20-21,25-27,31,44H,10,14,17-18H2,1-9H3,(H,37,43)/b13-11+,19-12+/t20-,21+,25+,26-,27+,31?,34+,35+/m1/s1. The molecule has 1 aromatic carbocycles. The summed E-state index contributed by atoms with van der Waals surface area (Å²) in [6.07, 6.45) is 1.22. The first-order chi connectivity index (χ1) is 23.0. The molecule has 2 N–H and O–H groups in total. The summed E-state index contributed by atoms with van der Waals surface area (Å²) in [6.45, 7) is 8.68. The highest BCUT2D eigenvalue weighted by Crippen LogP contribution is 2.49. The van der Waals surface area contributed by atoms with Crippen LogP contribution in [0.5, 0.6) is 5.75 Å². The van der Waals surface area contributed by atoms with Crippen LogP contribution in [0.2, 0.25) is 5.02 Å². The van der Waals surface area contributed by atoms with E-state index in [2.05, 4.69) is 5.32 Å². The van der Waals surface area contributed by atoms with Gasteiger partial charge in [0.1, 0.15) is 40.7 Å². The molecule has 1 aromatic rings. The van der Waals surface area contributed by atoms with Crippen LogP contribution in [0.3, 0.4) is 0 Å². The van der Waals surface area contributed by atoms with Gasteiger partial charge in [-0.05, 0) is 44.9 Å². The van der Waals surface area contributed by atoms with E-state index in [1.165, 1.54) is 31.1 Å². The van der Waals surface area contributed by atoms with Gasteiger partial charge in [-0.25, -0.2) is 9.59 Å². The predicted molar refractivity (Wildman–Crippen MR) is 181 cm³/mol. The topological polar surface area (TPSA) is 156 Å². The first-order valence-corrected chi connectivity index (χ1v) is 16.7. The van der Waals surface area contributed by atoms with Crippen LogP contribution in [0.15, 0.2) is 35.9 Å². The number of methoxy groups -OCH3 is 2. The Hall–Kier alpha value is -3.65. The molecule has 3 amide bonds. The molecule has 0 radical (unpaired) electrons. The van der Waals surface area contributed by atoms with E-state index < -0.39 is 65.7 Å². The molecule has 270 valence electrons. The molecule has 0 saturated carbocycles. The number of hydrogen-bond acceptors (Lipinski definition) is 10. The molecule has 0 aliphatic carbocycles. The number of allylic oxidation sites excluding steroid dienone is 3. The van der Waals surface area contributed by atoms with Gasteiger partial charge in [-0.15, -0.1) is 0 Å². The van der Waals surface area contributed by atoms with Crippen LogP contribution in [-0.2, 0) is 39.8 Å². The maximum Gasteiger partial charge on any atom is 0.409 e. The largest absolute Gasteiger partial charge is 0.495 e. The van der Waals surface area contributed by atoms with Gasteiger partial charge >= 0.3 is 12.1 Å². The van der Waals surface area contributed by atoms with Crippen LogP contribution in [0.1, 0.15) is 59.4 Å². The zero-order valence-corrected chi connectivity index (χ0v) is 30.3. The molecule has 3 aliphatic rings. The Morgan fingerprint density at radius 3 is 2.59 bits per heavy atom. The molecule has 2 saturated heterocycles. The van der Waals surface area contributed by atoms with Crippen molar-refractivity contribution in [3.05, 3.63) is 46.5 Å². The molecule has 8 atom stereocenters. The monoisotopic (exact) mass is 705 g/mol. The number of aliphatic hydroxyl groups is 1. The van der Waals surface area contributed by atoms with E-state index in [4.69, 9.17) is 35.3 Å². The van der Waals surface area contributed by atoms with Crippen molar-refractivity contribution in [2.45, 2.75) is 102 Å². The average molecular weight is 706 g/mol. The molecule has 3 aliphatic heterocycles. The number of nitrogens with one attached hydrogen (secondary N) is 1. The third kappa shape index (κ3) is 8.06. The molecule has 4 rings (SSSR count).